The number of hydrogen-bond donors (Lipinski definition) is 0. The second-order valence-electron chi connectivity index (χ2n) is 11.0. The average molecular weight is 599 g/mol. The first kappa shape index (κ1) is 30.4. The predicted molar refractivity (Wildman–Crippen MR) is 154 cm³/mol. The van der Waals surface area contributed by atoms with Gasteiger partial charge in [-0.05, 0) is 74.1 Å². The van der Waals surface area contributed by atoms with Gasteiger partial charge in [-0.3, -0.25) is 9.48 Å². The molecule has 1 amide bonds. The van der Waals surface area contributed by atoms with E-state index in [-0.39, 0.29) is 24.5 Å². The van der Waals surface area contributed by atoms with Gasteiger partial charge in [0, 0.05) is 45.0 Å². The van der Waals surface area contributed by atoms with Crippen LogP contribution in [0.3, 0.4) is 0 Å². The lowest BCUT2D eigenvalue weighted by atomic mass is 10.0. The quantitative estimate of drug-likeness (QED) is 0.322. The highest BCUT2D eigenvalue weighted by Gasteiger charge is 2.41. The van der Waals surface area contributed by atoms with E-state index in [2.05, 4.69) is 20.2 Å². The number of benzene rings is 1. The minimum absolute atomic E-state index is 0.0647. The Labute approximate surface area is 247 Å². The molecule has 5 rings (SSSR count). The van der Waals surface area contributed by atoms with Crippen LogP contribution in [0.25, 0.3) is 11.3 Å². The summed E-state index contributed by atoms with van der Waals surface area (Å²) in [5.74, 6) is -0.313. The van der Waals surface area contributed by atoms with Crippen LogP contribution in [-0.4, -0.2) is 70.2 Å². The summed E-state index contributed by atoms with van der Waals surface area (Å²) < 4.78 is 61.6. The second-order valence-corrected chi connectivity index (χ2v) is 11.0. The first-order valence-corrected chi connectivity index (χ1v) is 14.1. The van der Waals surface area contributed by atoms with E-state index in [0.29, 0.717) is 38.0 Å². The summed E-state index contributed by atoms with van der Waals surface area (Å²) in [4.78, 5) is 16.9. The number of carbonyl (C=O) groups excluding carboxylic acids is 1. The van der Waals surface area contributed by atoms with E-state index in [1.54, 1.807) is 32.4 Å². The second kappa shape index (κ2) is 12.3. The summed E-state index contributed by atoms with van der Waals surface area (Å²) in [6, 6.07) is 5.84. The zero-order valence-corrected chi connectivity index (χ0v) is 24.5. The molecular weight excluding hydrogens is 564 g/mol. The maximum Gasteiger partial charge on any atom is 0.435 e. The monoisotopic (exact) mass is 598 g/mol. The standard InChI is InChI=1S/C31H34F4N6O2/c1-19-20(2)29(37-36-27(19)22-7-9-23(32)10-8-22)40-15-13-24(14-16-40)39(3)30(42)26-18-41(38-28(26)31(33,34)35)17-21-5-11-25(43-4)12-6-21/h5-11,18,24-25H,12-17H2,1-4H3. The Balaban J connectivity index is 1.27. The largest absolute Gasteiger partial charge is 0.435 e. The number of allylic oxidation sites excluding steroid dienone is 2. The normalized spacial score (nSPS) is 17.7. The van der Waals surface area contributed by atoms with Crippen LogP contribution in [0.2, 0.25) is 0 Å². The molecule has 2 aromatic heterocycles. The predicted octanol–water partition coefficient (Wildman–Crippen LogP) is 5.76. The molecule has 0 saturated carbocycles. The van der Waals surface area contributed by atoms with Crippen molar-refractivity contribution < 1.29 is 27.1 Å². The summed E-state index contributed by atoms with van der Waals surface area (Å²) in [6.07, 6.45) is 3.63. The van der Waals surface area contributed by atoms with Gasteiger partial charge in [-0.2, -0.15) is 18.3 Å². The lowest BCUT2D eigenvalue weighted by Gasteiger charge is -2.37. The minimum Gasteiger partial charge on any atom is -0.377 e. The Bertz CT molecular complexity index is 1540. The molecule has 43 heavy (non-hydrogen) atoms. The number of anilines is 1. The summed E-state index contributed by atoms with van der Waals surface area (Å²) >= 11 is 0. The van der Waals surface area contributed by atoms with E-state index in [1.807, 2.05) is 26.0 Å². The Morgan fingerprint density at radius 3 is 2.40 bits per heavy atom. The van der Waals surface area contributed by atoms with Crippen molar-refractivity contribution >= 4 is 11.7 Å². The highest BCUT2D eigenvalue weighted by molar-refractivity contribution is 5.95. The van der Waals surface area contributed by atoms with E-state index in [1.165, 1.54) is 27.9 Å². The van der Waals surface area contributed by atoms with Crippen LogP contribution >= 0.6 is 0 Å². The maximum absolute atomic E-state index is 13.9. The third kappa shape index (κ3) is 6.48. The number of hydrogen-bond acceptors (Lipinski definition) is 6. The fourth-order valence-corrected chi connectivity index (χ4v) is 5.59. The number of ether oxygens (including phenoxy) is 1. The van der Waals surface area contributed by atoms with Gasteiger partial charge in [0.2, 0.25) is 0 Å². The number of carbonyl (C=O) groups is 1. The molecule has 1 fully saturated rings. The van der Waals surface area contributed by atoms with Gasteiger partial charge in [0.25, 0.3) is 5.91 Å². The van der Waals surface area contributed by atoms with Crippen LogP contribution in [0.15, 0.2) is 54.3 Å². The van der Waals surface area contributed by atoms with Gasteiger partial charge in [-0.25, -0.2) is 4.39 Å². The summed E-state index contributed by atoms with van der Waals surface area (Å²) in [6.45, 7) is 5.13. The number of methoxy groups -OCH3 is 1. The van der Waals surface area contributed by atoms with E-state index < -0.39 is 23.3 Å². The number of nitrogens with zero attached hydrogens (tertiary/aromatic N) is 6. The van der Waals surface area contributed by atoms with Crippen molar-refractivity contribution in [3.8, 4) is 11.3 Å². The third-order valence-electron chi connectivity index (χ3n) is 8.29. The molecule has 1 atom stereocenters. The number of aromatic nitrogens is 4. The van der Waals surface area contributed by atoms with Gasteiger partial charge in [0.15, 0.2) is 11.5 Å². The Hall–Kier alpha value is -4.06. The van der Waals surface area contributed by atoms with E-state index >= 15 is 0 Å². The van der Waals surface area contributed by atoms with Crippen LogP contribution in [0.4, 0.5) is 23.4 Å². The van der Waals surface area contributed by atoms with Gasteiger partial charge >= 0.3 is 6.18 Å². The SMILES string of the molecule is COC1C=CC(Cn2cc(C(=O)N(C)C3CCN(c4nnc(-c5ccc(F)cc5)c(C)c4C)CC3)c(C(F)(F)F)n2)=CC1. The summed E-state index contributed by atoms with van der Waals surface area (Å²) in [5.41, 5.74) is 2.48. The molecule has 1 aromatic carbocycles. The van der Waals surface area contributed by atoms with Crippen molar-refractivity contribution in [3.05, 3.63) is 82.5 Å². The molecule has 3 heterocycles. The van der Waals surface area contributed by atoms with Gasteiger partial charge < -0.3 is 14.5 Å². The Morgan fingerprint density at radius 1 is 1.09 bits per heavy atom. The molecule has 1 unspecified atom stereocenters. The van der Waals surface area contributed by atoms with Crippen LogP contribution in [0.1, 0.15) is 46.4 Å². The molecule has 1 aliphatic carbocycles. The molecule has 228 valence electrons. The van der Waals surface area contributed by atoms with Crippen molar-refractivity contribution in [1.29, 1.82) is 0 Å². The van der Waals surface area contributed by atoms with E-state index in [4.69, 9.17) is 4.74 Å². The first-order valence-electron chi connectivity index (χ1n) is 14.1. The van der Waals surface area contributed by atoms with Crippen molar-refractivity contribution in [2.24, 2.45) is 0 Å². The average Bonchev–Trinajstić information content (AvgIpc) is 3.43. The van der Waals surface area contributed by atoms with Crippen molar-refractivity contribution in [2.45, 2.75) is 58.0 Å². The van der Waals surface area contributed by atoms with Crippen LogP contribution in [0.5, 0.6) is 0 Å². The Morgan fingerprint density at radius 2 is 1.79 bits per heavy atom. The zero-order valence-electron chi connectivity index (χ0n) is 24.5. The van der Waals surface area contributed by atoms with Gasteiger partial charge in [-0.15, -0.1) is 10.2 Å². The van der Waals surface area contributed by atoms with Crippen LogP contribution < -0.4 is 4.90 Å². The molecule has 8 nitrogen and oxygen atoms in total. The molecule has 1 aliphatic heterocycles. The molecule has 0 radical (unpaired) electrons. The molecule has 12 heteroatoms. The molecule has 0 spiro atoms. The maximum atomic E-state index is 13.9. The van der Waals surface area contributed by atoms with Gasteiger partial charge in [0.05, 0.1) is 23.9 Å². The van der Waals surface area contributed by atoms with Crippen molar-refractivity contribution in [1.82, 2.24) is 24.9 Å². The number of alkyl halides is 3. The first-order chi connectivity index (χ1) is 20.5. The zero-order chi connectivity index (χ0) is 30.9. The smallest absolute Gasteiger partial charge is 0.377 e. The topological polar surface area (TPSA) is 76.4 Å². The lowest BCUT2D eigenvalue weighted by Crippen LogP contribution is -2.46. The molecule has 3 aromatic rings. The van der Waals surface area contributed by atoms with Gasteiger partial charge in [0.1, 0.15) is 5.82 Å². The van der Waals surface area contributed by atoms with E-state index in [9.17, 15) is 22.4 Å². The van der Waals surface area contributed by atoms with Crippen molar-refractivity contribution in [2.75, 3.05) is 32.1 Å². The Kier molecular flexibility index (Phi) is 8.68. The van der Waals surface area contributed by atoms with E-state index in [0.717, 1.165) is 28.1 Å². The molecule has 0 bridgehead atoms. The van der Waals surface area contributed by atoms with Crippen LogP contribution in [-0.2, 0) is 17.5 Å². The number of halogens is 4. The lowest BCUT2D eigenvalue weighted by molar-refractivity contribution is -0.141. The number of rotatable bonds is 7. The number of piperidine rings is 1. The fourth-order valence-electron chi connectivity index (χ4n) is 5.59. The number of amides is 1. The molecular formula is C31H34F4N6O2. The summed E-state index contributed by atoms with van der Waals surface area (Å²) in [5, 5.41) is 12.6. The van der Waals surface area contributed by atoms with Crippen molar-refractivity contribution in [3.63, 3.8) is 0 Å². The highest BCUT2D eigenvalue weighted by atomic mass is 19.4. The fraction of sp³-hybridized carbons (Fsp3) is 0.419. The molecule has 0 N–H and O–H groups in total. The highest BCUT2D eigenvalue weighted by Crippen LogP contribution is 2.33. The minimum atomic E-state index is -4.77. The molecule has 2 aliphatic rings. The summed E-state index contributed by atoms with van der Waals surface area (Å²) in [7, 11) is 3.14. The third-order valence-corrected chi connectivity index (χ3v) is 8.29. The van der Waals surface area contributed by atoms with Gasteiger partial charge in [-0.1, -0.05) is 18.2 Å². The van der Waals surface area contributed by atoms with Crippen LogP contribution in [0, 0.1) is 19.7 Å². The molecule has 1 saturated heterocycles.